The minimum atomic E-state index is -0.257. The maximum Gasteiger partial charge on any atom is 0.295 e. The highest BCUT2D eigenvalue weighted by Gasteiger charge is 2.20. The minimum Gasteiger partial charge on any atom is -0.489 e. The summed E-state index contributed by atoms with van der Waals surface area (Å²) in [5.41, 5.74) is -0.257. The van der Waals surface area contributed by atoms with E-state index in [4.69, 9.17) is 4.74 Å². The van der Waals surface area contributed by atoms with Crippen LogP contribution in [0.1, 0.15) is 19.8 Å². The predicted molar refractivity (Wildman–Crippen MR) is 65.5 cm³/mol. The molecule has 1 aromatic rings. The van der Waals surface area contributed by atoms with Crippen molar-refractivity contribution in [2.24, 2.45) is 0 Å². The summed E-state index contributed by atoms with van der Waals surface area (Å²) in [6.07, 6.45) is 3.41. The Labute approximate surface area is 99.8 Å². The minimum absolute atomic E-state index is 0.249. The predicted octanol–water partition coefficient (Wildman–Crippen LogP) is 0.331. The summed E-state index contributed by atoms with van der Waals surface area (Å²) in [7, 11) is 1.47. The highest BCUT2D eigenvalue weighted by molar-refractivity contribution is 5.48. The van der Waals surface area contributed by atoms with Crippen molar-refractivity contribution in [3.8, 4) is 5.75 Å². The summed E-state index contributed by atoms with van der Waals surface area (Å²) in [4.78, 5) is 18.1. The van der Waals surface area contributed by atoms with Gasteiger partial charge < -0.3 is 20.4 Å². The summed E-state index contributed by atoms with van der Waals surface area (Å²) in [5.74, 6) is 0.772. The SMILES string of the molecule is COc1c(NC2CCNC(C)C2)nc[nH]c1=O. The fraction of sp³-hybridized carbons (Fsp3) is 0.636. The Bertz CT molecular complexity index is 432. The van der Waals surface area contributed by atoms with Crippen molar-refractivity contribution in [2.45, 2.75) is 31.8 Å². The van der Waals surface area contributed by atoms with Crippen LogP contribution in [0.3, 0.4) is 0 Å². The molecule has 1 fully saturated rings. The number of nitrogens with one attached hydrogen (secondary N) is 3. The van der Waals surface area contributed by atoms with Crippen LogP contribution in [0.5, 0.6) is 5.75 Å². The highest BCUT2D eigenvalue weighted by Crippen LogP contribution is 2.19. The third kappa shape index (κ3) is 2.76. The topological polar surface area (TPSA) is 79.0 Å². The third-order valence-corrected chi connectivity index (χ3v) is 2.98. The highest BCUT2D eigenvalue weighted by atomic mass is 16.5. The first-order chi connectivity index (χ1) is 8.20. The summed E-state index contributed by atoms with van der Waals surface area (Å²) < 4.78 is 5.06. The standard InChI is InChI=1S/C11H18N4O2/c1-7-5-8(3-4-12-7)15-10-9(17-2)11(16)14-6-13-10/h6-8,12H,3-5H2,1-2H3,(H2,13,14,15,16). The summed E-state index contributed by atoms with van der Waals surface area (Å²) in [6, 6.07) is 0.809. The largest absolute Gasteiger partial charge is 0.489 e. The Hall–Kier alpha value is -1.56. The van der Waals surface area contributed by atoms with Gasteiger partial charge in [-0.15, -0.1) is 0 Å². The van der Waals surface area contributed by atoms with Crippen molar-refractivity contribution in [2.75, 3.05) is 19.0 Å². The number of hydrogen-bond donors (Lipinski definition) is 3. The molecule has 0 amide bonds. The first kappa shape index (κ1) is 11.9. The van der Waals surface area contributed by atoms with Crippen molar-refractivity contribution in [1.29, 1.82) is 0 Å². The molecule has 2 atom stereocenters. The van der Waals surface area contributed by atoms with E-state index in [0.29, 0.717) is 17.9 Å². The number of anilines is 1. The van der Waals surface area contributed by atoms with Crippen LogP contribution in [0.15, 0.2) is 11.1 Å². The zero-order valence-electron chi connectivity index (χ0n) is 10.1. The van der Waals surface area contributed by atoms with E-state index in [0.717, 1.165) is 19.4 Å². The molecule has 17 heavy (non-hydrogen) atoms. The molecule has 0 aromatic carbocycles. The second-order valence-electron chi connectivity index (χ2n) is 4.33. The number of piperidine rings is 1. The number of aromatic nitrogens is 2. The van der Waals surface area contributed by atoms with E-state index in [1.165, 1.54) is 13.4 Å². The fourth-order valence-corrected chi connectivity index (χ4v) is 2.14. The lowest BCUT2D eigenvalue weighted by Crippen LogP contribution is -2.41. The smallest absolute Gasteiger partial charge is 0.295 e. The van der Waals surface area contributed by atoms with Gasteiger partial charge in [-0.25, -0.2) is 4.98 Å². The Balaban J connectivity index is 2.12. The van der Waals surface area contributed by atoms with Gasteiger partial charge in [0.1, 0.15) is 0 Å². The van der Waals surface area contributed by atoms with Crippen molar-refractivity contribution in [1.82, 2.24) is 15.3 Å². The molecule has 0 bridgehead atoms. The van der Waals surface area contributed by atoms with E-state index in [1.54, 1.807) is 0 Å². The van der Waals surface area contributed by atoms with Crippen LogP contribution in [-0.4, -0.2) is 35.7 Å². The van der Waals surface area contributed by atoms with E-state index in [-0.39, 0.29) is 11.3 Å². The van der Waals surface area contributed by atoms with Gasteiger partial charge in [-0.1, -0.05) is 0 Å². The van der Waals surface area contributed by atoms with E-state index in [1.807, 2.05) is 0 Å². The van der Waals surface area contributed by atoms with E-state index >= 15 is 0 Å². The molecule has 2 heterocycles. The lowest BCUT2D eigenvalue weighted by molar-refractivity contribution is 0.387. The Kier molecular flexibility index (Phi) is 3.63. The van der Waals surface area contributed by atoms with Crippen molar-refractivity contribution in [3.05, 3.63) is 16.7 Å². The molecule has 94 valence electrons. The number of aromatic amines is 1. The molecule has 0 spiro atoms. The quantitative estimate of drug-likeness (QED) is 0.707. The lowest BCUT2D eigenvalue weighted by atomic mass is 10.0. The van der Waals surface area contributed by atoms with E-state index < -0.39 is 0 Å². The molecule has 1 aromatic heterocycles. The third-order valence-electron chi connectivity index (χ3n) is 2.98. The van der Waals surface area contributed by atoms with Crippen molar-refractivity contribution < 1.29 is 4.74 Å². The van der Waals surface area contributed by atoms with Gasteiger partial charge >= 0.3 is 0 Å². The van der Waals surface area contributed by atoms with E-state index in [9.17, 15) is 4.79 Å². The Morgan fingerprint density at radius 1 is 1.59 bits per heavy atom. The van der Waals surface area contributed by atoms with Crippen LogP contribution in [0.25, 0.3) is 0 Å². The van der Waals surface area contributed by atoms with Gasteiger partial charge in [0.15, 0.2) is 5.82 Å². The number of methoxy groups -OCH3 is 1. The van der Waals surface area contributed by atoms with Crippen molar-refractivity contribution >= 4 is 5.82 Å². The molecule has 0 saturated carbocycles. The van der Waals surface area contributed by atoms with Gasteiger partial charge in [0.2, 0.25) is 5.75 Å². The molecule has 1 aliphatic rings. The second kappa shape index (κ2) is 5.18. The van der Waals surface area contributed by atoms with Gasteiger partial charge in [-0.2, -0.15) is 0 Å². The zero-order valence-corrected chi connectivity index (χ0v) is 10.1. The lowest BCUT2D eigenvalue weighted by Gasteiger charge is -2.29. The average Bonchev–Trinajstić information content (AvgIpc) is 2.29. The number of ether oxygens (including phenoxy) is 1. The molecule has 1 aliphatic heterocycles. The second-order valence-corrected chi connectivity index (χ2v) is 4.33. The molecule has 6 heteroatoms. The number of H-pyrrole nitrogens is 1. The molecular formula is C11H18N4O2. The summed E-state index contributed by atoms with van der Waals surface area (Å²) in [6.45, 7) is 3.13. The molecule has 6 nitrogen and oxygen atoms in total. The molecule has 2 unspecified atom stereocenters. The van der Waals surface area contributed by atoms with Gasteiger partial charge in [-0.05, 0) is 26.3 Å². The summed E-state index contributed by atoms with van der Waals surface area (Å²) in [5, 5.41) is 6.65. The molecule has 0 aliphatic carbocycles. The molecule has 1 saturated heterocycles. The van der Waals surface area contributed by atoms with E-state index in [2.05, 4.69) is 27.5 Å². The van der Waals surface area contributed by atoms with Crippen LogP contribution in [0.4, 0.5) is 5.82 Å². The van der Waals surface area contributed by atoms with Gasteiger partial charge in [0, 0.05) is 12.1 Å². The molecular weight excluding hydrogens is 220 g/mol. The molecule has 0 radical (unpaired) electrons. The average molecular weight is 238 g/mol. The molecule has 3 N–H and O–H groups in total. The first-order valence-corrected chi connectivity index (χ1v) is 5.82. The Morgan fingerprint density at radius 2 is 2.41 bits per heavy atom. The maximum absolute atomic E-state index is 11.5. The van der Waals surface area contributed by atoms with Gasteiger partial charge in [0.25, 0.3) is 5.56 Å². The zero-order chi connectivity index (χ0) is 12.3. The number of nitrogens with zero attached hydrogens (tertiary/aromatic N) is 1. The van der Waals surface area contributed by atoms with Crippen LogP contribution in [0, 0.1) is 0 Å². The van der Waals surface area contributed by atoms with Crippen molar-refractivity contribution in [3.63, 3.8) is 0 Å². The van der Waals surface area contributed by atoms with Crippen LogP contribution in [0.2, 0.25) is 0 Å². The van der Waals surface area contributed by atoms with Gasteiger partial charge in [0.05, 0.1) is 13.4 Å². The number of rotatable bonds is 3. The molecule has 2 rings (SSSR count). The van der Waals surface area contributed by atoms with Gasteiger partial charge in [-0.3, -0.25) is 4.79 Å². The number of hydrogen-bond acceptors (Lipinski definition) is 5. The summed E-state index contributed by atoms with van der Waals surface area (Å²) >= 11 is 0. The van der Waals surface area contributed by atoms with Crippen LogP contribution in [-0.2, 0) is 0 Å². The van der Waals surface area contributed by atoms with Crippen LogP contribution < -0.4 is 20.9 Å². The van der Waals surface area contributed by atoms with Crippen LogP contribution >= 0.6 is 0 Å². The normalized spacial score (nSPS) is 24.4. The fourth-order valence-electron chi connectivity index (χ4n) is 2.14. The Morgan fingerprint density at radius 3 is 3.12 bits per heavy atom. The first-order valence-electron chi connectivity index (χ1n) is 5.82. The monoisotopic (exact) mass is 238 g/mol. The maximum atomic E-state index is 11.5.